The molecule has 1 aromatic heterocycles. The van der Waals surface area contributed by atoms with Crippen LogP contribution in [0.3, 0.4) is 0 Å². The highest BCUT2D eigenvalue weighted by Crippen LogP contribution is 2.37. The highest BCUT2D eigenvalue weighted by Gasteiger charge is 2.20. The maximum absolute atomic E-state index is 13.5. The molecule has 0 aliphatic carbocycles. The molecule has 10 heteroatoms. The number of fused-ring (bicyclic) bond motifs is 1. The Kier molecular flexibility index (Phi) is 5.59. The number of hydrogen-bond donors (Lipinski definition) is 1. The average molecular weight is 434 g/mol. The number of halogens is 5. The molecule has 0 radical (unpaired) electrons. The van der Waals surface area contributed by atoms with Crippen LogP contribution in [0.5, 0.6) is 0 Å². The number of anilines is 1. The van der Waals surface area contributed by atoms with Crippen LogP contribution < -0.4 is 5.32 Å². The quantitative estimate of drug-likeness (QED) is 0.441. The van der Waals surface area contributed by atoms with Crippen molar-refractivity contribution >= 4 is 62.2 Å². The van der Waals surface area contributed by atoms with Crippen LogP contribution in [0.2, 0.25) is 10.0 Å². The van der Waals surface area contributed by atoms with E-state index in [1.165, 1.54) is 0 Å². The molecule has 1 N–H and O–H groups in total. The van der Waals surface area contributed by atoms with Crippen LogP contribution in [0, 0.1) is 17.5 Å². The first-order chi connectivity index (χ1) is 12.8. The van der Waals surface area contributed by atoms with Gasteiger partial charge in [-0.15, -0.1) is 11.3 Å². The lowest BCUT2D eigenvalue weighted by Gasteiger charge is -2.08. The molecule has 0 spiro atoms. The summed E-state index contributed by atoms with van der Waals surface area (Å²) in [5.74, 6) is -6.47. The van der Waals surface area contributed by atoms with Gasteiger partial charge >= 0.3 is 5.97 Å². The highest BCUT2D eigenvalue weighted by molar-refractivity contribution is 7.21. The van der Waals surface area contributed by atoms with E-state index >= 15 is 0 Å². The maximum Gasteiger partial charge on any atom is 0.350 e. The van der Waals surface area contributed by atoms with Crippen LogP contribution in [-0.2, 0) is 9.53 Å². The zero-order valence-electron chi connectivity index (χ0n) is 13.1. The van der Waals surface area contributed by atoms with Gasteiger partial charge in [0.05, 0.1) is 10.7 Å². The summed E-state index contributed by atoms with van der Waals surface area (Å²) < 4.78 is 45.0. The molecule has 27 heavy (non-hydrogen) atoms. The Balaban J connectivity index is 1.68. The zero-order chi connectivity index (χ0) is 19.7. The second-order valence-corrected chi connectivity index (χ2v) is 7.10. The molecule has 1 heterocycles. The molecule has 3 rings (SSSR count). The molecule has 0 saturated heterocycles. The number of ether oxygens (including phenoxy) is 1. The van der Waals surface area contributed by atoms with E-state index in [1.54, 1.807) is 18.2 Å². The summed E-state index contributed by atoms with van der Waals surface area (Å²) in [5.41, 5.74) is -0.579. The zero-order valence-corrected chi connectivity index (χ0v) is 15.4. The molecule has 140 valence electrons. The molecule has 0 saturated carbocycles. The van der Waals surface area contributed by atoms with Gasteiger partial charge in [0.25, 0.3) is 5.91 Å². The highest BCUT2D eigenvalue weighted by atomic mass is 35.5. The predicted octanol–water partition coefficient (Wildman–Crippen LogP) is 5.42. The Labute approximate surface area is 164 Å². The minimum absolute atomic E-state index is 0.0701. The van der Waals surface area contributed by atoms with Gasteiger partial charge in [0, 0.05) is 15.1 Å². The molecule has 0 aliphatic rings. The molecule has 1 amide bonds. The molecule has 0 fully saturated rings. The number of carbonyl (C=O) groups is 2. The van der Waals surface area contributed by atoms with Crippen LogP contribution in [-0.4, -0.2) is 18.5 Å². The van der Waals surface area contributed by atoms with Gasteiger partial charge in [0.15, 0.2) is 24.1 Å². The van der Waals surface area contributed by atoms with Gasteiger partial charge in [-0.05, 0) is 24.3 Å². The topological polar surface area (TPSA) is 55.4 Å². The average Bonchev–Trinajstić information content (AvgIpc) is 2.96. The molecule has 0 unspecified atom stereocenters. The second kappa shape index (κ2) is 7.75. The van der Waals surface area contributed by atoms with Gasteiger partial charge in [0.2, 0.25) is 0 Å². The lowest BCUT2D eigenvalue weighted by molar-refractivity contribution is -0.119. The molecular formula is C17H8Cl2F3NO3S. The molecule has 0 aliphatic heterocycles. The fourth-order valence-electron chi connectivity index (χ4n) is 2.18. The fourth-order valence-corrected chi connectivity index (χ4v) is 3.85. The fraction of sp³-hybridized carbons (Fsp3) is 0.0588. The Morgan fingerprint density at radius 3 is 2.56 bits per heavy atom. The Bertz CT molecular complexity index is 1070. The van der Waals surface area contributed by atoms with Gasteiger partial charge < -0.3 is 10.1 Å². The Morgan fingerprint density at radius 1 is 1.07 bits per heavy atom. The van der Waals surface area contributed by atoms with E-state index in [0.717, 1.165) is 17.4 Å². The first kappa shape index (κ1) is 19.5. The third-order valence-electron chi connectivity index (χ3n) is 3.42. The van der Waals surface area contributed by atoms with E-state index in [4.69, 9.17) is 27.9 Å². The summed E-state index contributed by atoms with van der Waals surface area (Å²) >= 11 is 13.1. The van der Waals surface area contributed by atoms with E-state index < -0.39 is 41.6 Å². The van der Waals surface area contributed by atoms with Gasteiger partial charge in [-0.25, -0.2) is 18.0 Å². The summed E-state index contributed by atoms with van der Waals surface area (Å²) in [4.78, 5) is 24.0. The van der Waals surface area contributed by atoms with Gasteiger partial charge in [-0.2, -0.15) is 0 Å². The summed E-state index contributed by atoms with van der Waals surface area (Å²) in [6.07, 6.45) is 0. The van der Waals surface area contributed by atoms with Gasteiger partial charge in [-0.1, -0.05) is 29.3 Å². The number of benzene rings is 2. The number of esters is 1. The van der Waals surface area contributed by atoms with Gasteiger partial charge in [0.1, 0.15) is 4.88 Å². The summed E-state index contributed by atoms with van der Waals surface area (Å²) in [7, 11) is 0. The van der Waals surface area contributed by atoms with Crippen LogP contribution in [0.15, 0.2) is 30.3 Å². The van der Waals surface area contributed by atoms with Crippen molar-refractivity contribution in [1.29, 1.82) is 0 Å². The number of thiophene rings is 1. The molecule has 0 atom stereocenters. The number of amides is 1. The maximum atomic E-state index is 13.5. The van der Waals surface area contributed by atoms with Crippen molar-refractivity contribution in [3.63, 3.8) is 0 Å². The molecule has 4 nitrogen and oxygen atoms in total. The van der Waals surface area contributed by atoms with Crippen molar-refractivity contribution in [3.05, 3.63) is 62.7 Å². The lowest BCUT2D eigenvalue weighted by atomic mass is 10.2. The number of hydrogen-bond acceptors (Lipinski definition) is 4. The minimum atomic E-state index is -1.72. The van der Waals surface area contributed by atoms with Crippen molar-refractivity contribution in [2.75, 3.05) is 11.9 Å². The van der Waals surface area contributed by atoms with Crippen molar-refractivity contribution in [1.82, 2.24) is 0 Å². The van der Waals surface area contributed by atoms with Crippen molar-refractivity contribution in [2.45, 2.75) is 0 Å². The summed E-state index contributed by atoms with van der Waals surface area (Å²) in [6, 6.07) is 6.39. The number of carbonyl (C=O) groups excluding carboxylic acids is 2. The van der Waals surface area contributed by atoms with E-state index in [1.807, 2.05) is 5.32 Å². The van der Waals surface area contributed by atoms with E-state index in [9.17, 15) is 22.8 Å². The van der Waals surface area contributed by atoms with E-state index in [-0.39, 0.29) is 9.90 Å². The molecular weight excluding hydrogens is 426 g/mol. The Morgan fingerprint density at radius 2 is 1.81 bits per heavy atom. The van der Waals surface area contributed by atoms with Crippen LogP contribution in [0.4, 0.5) is 18.9 Å². The molecule has 3 aromatic rings. The SMILES string of the molecule is O=C(COC(=O)c1sc2cc(Cl)ccc2c1Cl)Nc1ccc(F)c(F)c1F. The third-order valence-corrected chi connectivity index (χ3v) is 5.29. The van der Waals surface area contributed by atoms with Crippen molar-refractivity contribution in [2.24, 2.45) is 0 Å². The van der Waals surface area contributed by atoms with E-state index in [2.05, 4.69) is 0 Å². The van der Waals surface area contributed by atoms with Crippen LogP contribution >= 0.6 is 34.5 Å². The number of rotatable bonds is 4. The lowest BCUT2D eigenvalue weighted by Crippen LogP contribution is -2.21. The van der Waals surface area contributed by atoms with Crippen LogP contribution in [0.25, 0.3) is 10.1 Å². The van der Waals surface area contributed by atoms with E-state index in [0.29, 0.717) is 21.2 Å². The first-order valence-corrected chi connectivity index (χ1v) is 8.83. The smallest absolute Gasteiger partial charge is 0.350 e. The normalized spacial score (nSPS) is 10.9. The minimum Gasteiger partial charge on any atom is -0.451 e. The predicted molar refractivity (Wildman–Crippen MR) is 97.1 cm³/mol. The van der Waals surface area contributed by atoms with Crippen LogP contribution in [0.1, 0.15) is 9.67 Å². The molecule has 0 bridgehead atoms. The van der Waals surface area contributed by atoms with Crippen molar-refractivity contribution in [3.8, 4) is 0 Å². The first-order valence-electron chi connectivity index (χ1n) is 7.26. The standard InChI is InChI=1S/C17H8Cl2F3NO3S/c18-7-1-2-8-11(5-7)27-16(13(8)19)17(25)26-6-12(24)23-10-4-3-9(20)14(21)15(10)22/h1-5H,6H2,(H,23,24). The largest absolute Gasteiger partial charge is 0.451 e. The summed E-state index contributed by atoms with van der Waals surface area (Å²) in [5, 5.41) is 3.21. The Hall–Kier alpha value is -2.29. The van der Waals surface area contributed by atoms with Gasteiger partial charge in [-0.3, -0.25) is 4.79 Å². The number of nitrogens with one attached hydrogen (secondary N) is 1. The molecule has 2 aromatic carbocycles. The second-order valence-electron chi connectivity index (χ2n) is 5.23. The monoisotopic (exact) mass is 433 g/mol. The summed E-state index contributed by atoms with van der Waals surface area (Å²) in [6.45, 7) is -0.775. The third kappa shape index (κ3) is 4.02. The van der Waals surface area contributed by atoms with Crippen molar-refractivity contribution < 1.29 is 27.5 Å².